The molecule has 0 fully saturated rings. The van der Waals surface area contributed by atoms with Crippen molar-refractivity contribution < 1.29 is 13.2 Å². The van der Waals surface area contributed by atoms with Crippen LogP contribution in [0.5, 0.6) is 0 Å². The molecule has 114 valence electrons. The molecule has 0 bridgehead atoms. The van der Waals surface area contributed by atoms with Crippen LogP contribution in [0.1, 0.15) is 17.4 Å². The number of para-hydroxylation sites is 1. The van der Waals surface area contributed by atoms with E-state index in [9.17, 15) is 13.2 Å². The lowest BCUT2D eigenvalue weighted by Crippen LogP contribution is -2.34. The van der Waals surface area contributed by atoms with Gasteiger partial charge in [0.15, 0.2) is 0 Å². The molecule has 2 aromatic rings. The number of rotatable bonds is 6. The summed E-state index contributed by atoms with van der Waals surface area (Å²) in [7, 11) is -3.34. The van der Waals surface area contributed by atoms with Crippen molar-refractivity contribution in [3.63, 3.8) is 0 Å². The number of H-pyrrole nitrogens is 1. The van der Waals surface area contributed by atoms with Crippen LogP contribution in [0.3, 0.4) is 0 Å². The van der Waals surface area contributed by atoms with Crippen LogP contribution in [-0.4, -0.2) is 38.2 Å². The Morgan fingerprint density at radius 2 is 2.14 bits per heavy atom. The number of sulfonamides is 1. The van der Waals surface area contributed by atoms with E-state index in [2.05, 4.69) is 15.0 Å². The van der Waals surface area contributed by atoms with Crippen LogP contribution in [0, 0.1) is 0 Å². The minimum atomic E-state index is -3.34. The molecule has 1 aromatic heterocycles. The Labute approximate surface area is 123 Å². The number of amides is 1. The van der Waals surface area contributed by atoms with Crippen molar-refractivity contribution in [2.45, 2.75) is 6.92 Å². The van der Waals surface area contributed by atoms with Crippen molar-refractivity contribution in [2.24, 2.45) is 0 Å². The molecule has 0 spiro atoms. The van der Waals surface area contributed by atoms with E-state index in [1.165, 1.54) is 0 Å². The molecule has 8 heteroatoms. The van der Waals surface area contributed by atoms with E-state index in [1.54, 1.807) is 25.1 Å². The van der Waals surface area contributed by atoms with Crippen LogP contribution >= 0.6 is 0 Å². The predicted octanol–water partition coefficient (Wildman–Crippen LogP) is 0.419. The second kappa shape index (κ2) is 6.15. The summed E-state index contributed by atoms with van der Waals surface area (Å²) >= 11 is 0. The monoisotopic (exact) mass is 310 g/mol. The molecule has 0 atom stereocenters. The van der Waals surface area contributed by atoms with Crippen LogP contribution in [0.25, 0.3) is 10.9 Å². The van der Waals surface area contributed by atoms with E-state index in [1.807, 2.05) is 6.07 Å². The Kier molecular flexibility index (Phi) is 4.49. The predicted molar refractivity (Wildman–Crippen MR) is 82.5 cm³/mol. The van der Waals surface area contributed by atoms with Crippen molar-refractivity contribution in [1.82, 2.24) is 15.0 Å². The first-order valence-electron chi connectivity index (χ1n) is 6.55. The summed E-state index contributed by atoms with van der Waals surface area (Å²) in [6.45, 7) is 2.07. The number of aromatic nitrogens is 1. The molecule has 0 unspecified atom stereocenters. The van der Waals surface area contributed by atoms with Crippen molar-refractivity contribution >= 4 is 32.5 Å². The molecule has 0 aliphatic rings. The number of hydrogen-bond donors (Lipinski definition) is 4. The molecule has 0 aliphatic heterocycles. The summed E-state index contributed by atoms with van der Waals surface area (Å²) in [5, 5.41) is 3.40. The first-order valence-corrected chi connectivity index (χ1v) is 8.21. The maximum Gasteiger partial charge on any atom is 0.267 e. The van der Waals surface area contributed by atoms with Crippen molar-refractivity contribution in [1.29, 1.82) is 0 Å². The van der Waals surface area contributed by atoms with Crippen LogP contribution in [-0.2, 0) is 10.0 Å². The Morgan fingerprint density at radius 3 is 2.81 bits per heavy atom. The van der Waals surface area contributed by atoms with Crippen molar-refractivity contribution in [2.75, 3.05) is 24.6 Å². The van der Waals surface area contributed by atoms with Crippen LogP contribution < -0.4 is 15.8 Å². The molecule has 7 nitrogen and oxygen atoms in total. The van der Waals surface area contributed by atoms with Gasteiger partial charge in [-0.25, -0.2) is 13.1 Å². The largest absolute Gasteiger partial charge is 0.397 e. The van der Waals surface area contributed by atoms with Gasteiger partial charge in [0, 0.05) is 18.5 Å². The molecule has 0 saturated carbocycles. The third-order valence-corrected chi connectivity index (χ3v) is 4.42. The van der Waals surface area contributed by atoms with E-state index in [-0.39, 0.29) is 18.2 Å². The lowest BCUT2D eigenvalue weighted by atomic mass is 10.2. The molecular weight excluding hydrogens is 292 g/mol. The minimum absolute atomic E-state index is 0.0407. The number of nitrogen functional groups attached to an aromatic ring is 1. The fourth-order valence-electron chi connectivity index (χ4n) is 1.99. The van der Waals surface area contributed by atoms with Gasteiger partial charge in [0.1, 0.15) is 5.69 Å². The average molecular weight is 310 g/mol. The van der Waals surface area contributed by atoms with Crippen molar-refractivity contribution in [3.05, 3.63) is 30.0 Å². The van der Waals surface area contributed by atoms with Gasteiger partial charge in [0.2, 0.25) is 10.0 Å². The molecule has 1 aromatic carbocycles. The highest BCUT2D eigenvalue weighted by molar-refractivity contribution is 7.89. The Hall–Kier alpha value is -2.06. The van der Waals surface area contributed by atoms with Gasteiger partial charge in [-0.15, -0.1) is 0 Å². The zero-order valence-electron chi connectivity index (χ0n) is 11.6. The Morgan fingerprint density at radius 1 is 1.38 bits per heavy atom. The van der Waals surface area contributed by atoms with Gasteiger partial charge in [0.25, 0.3) is 5.91 Å². The minimum Gasteiger partial charge on any atom is -0.397 e. The molecule has 1 amide bonds. The van der Waals surface area contributed by atoms with E-state index >= 15 is 0 Å². The number of benzene rings is 1. The Balaban J connectivity index is 2.01. The lowest BCUT2D eigenvalue weighted by molar-refractivity contribution is 0.0952. The number of nitrogens with two attached hydrogens (primary N) is 1. The Bertz CT molecular complexity index is 752. The normalized spacial score (nSPS) is 11.7. The van der Waals surface area contributed by atoms with Gasteiger partial charge in [-0.1, -0.05) is 19.1 Å². The molecule has 21 heavy (non-hydrogen) atoms. The number of aromatic amines is 1. The molecule has 2 rings (SSSR count). The average Bonchev–Trinajstić information content (AvgIpc) is 2.84. The maximum atomic E-state index is 12.0. The fourth-order valence-corrected chi connectivity index (χ4v) is 2.94. The van der Waals surface area contributed by atoms with Crippen LogP contribution in [0.15, 0.2) is 24.3 Å². The zero-order valence-corrected chi connectivity index (χ0v) is 12.5. The summed E-state index contributed by atoms with van der Waals surface area (Å²) in [6.07, 6.45) is 0. The van der Waals surface area contributed by atoms with Gasteiger partial charge in [0.05, 0.1) is 17.0 Å². The number of hydrogen-bond acceptors (Lipinski definition) is 4. The molecule has 1 heterocycles. The topological polar surface area (TPSA) is 117 Å². The van der Waals surface area contributed by atoms with Gasteiger partial charge in [-0.3, -0.25) is 4.79 Å². The molecular formula is C13H18N4O3S. The highest BCUT2D eigenvalue weighted by Gasteiger charge is 2.12. The summed E-state index contributed by atoms with van der Waals surface area (Å²) in [4.78, 5) is 14.9. The van der Waals surface area contributed by atoms with E-state index in [0.29, 0.717) is 23.4 Å². The number of carbonyl (C=O) groups excluding carboxylic acids is 1. The van der Waals surface area contributed by atoms with Crippen LogP contribution in [0.4, 0.5) is 5.69 Å². The van der Waals surface area contributed by atoms with E-state index in [4.69, 9.17) is 5.73 Å². The first kappa shape index (κ1) is 15.3. The number of anilines is 1. The van der Waals surface area contributed by atoms with E-state index < -0.39 is 10.0 Å². The highest BCUT2D eigenvalue weighted by atomic mass is 32.2. The van der Waals surface area contributed by atoms with Crippen molar-refractivity contribution in [3.8, 4) is 0 Å². The van der Waals surface area contributed by atoms with Gasteiger partial charge < -0.3 is 16.0 Å². The number of nitrogens with one attached hydrogen (secondary N) is 3. The molecule has 5 N–H and O–H groups in total. The maximum absolute atomic E-state index is 12.0. The number of carbonyl (C=O) groups is 1. The lowest BCUT2D eigenvalue weighted by Gasteiger charge is -2.05. The summed E-state index contributed by atoms with van der Waals surface area (Å²) < 4.78 is 25.3. The van der Waals surface area contributed by atoms with Gasteiger partial charge in [-0.05, 0) is 12.1 Å². The van der Waals surface area contributed by atoms with Crippen LogP contribution in [0.2, 0.25) is 0 Å². The third kappa shape index (κ3) is 3.73. The zero-order chi connectivity index (χ0) is 15.5. The summed E-state index contributed by atoms with van der Waals surface area (Å²) in [6, 6.07) is 7.06. The molecule has 0 radical (unpaired) electrons. The fraction of sp³-hybridized carbons (Fsp3) is 0.308. The molecule has 0 saturated heterocycles. The van der Waals surface area contributed by atoms with Gasteiger partial charge >= 0.3 is 0 Å². The first-order chi connectivity index (χ1) is 9.93. The van der Waals surface area contributed by atoms with E-state index in [0.717, 1.165) is 5.39 Å². The number of fused-ring (bicyclic) bond motifs is 1. The highest BCUT2D eigenvalue weighted by Crippen LogP contribution is 2.20. The standard InChI is InChI=1S/C13H18N4O3S/c1-2-16-21(19,20)7-6-15-13(18)11-8-9-4-3-5-10(14)12(9)17-11/h3-5,8,16-17H,2,6-7,14H2,1H3,(H,15,18). The SMILES string of the molecule is CCNS(=O)(=O)CCNC(=O)c1cc2cccc(N)c2[nH]1. The summed E-state index contributed by atoms with van der Waals surface area (Å²) in [5.74, 6) is -0.521. The second-order valence-corrected chi connectivity index (χ2v) is 6.49. The second-order valence-electron chi connectivity index (χ2n) is 4.57. The third-order valence-electron chi connectivity index (χ3n) is 2.95. The smallest absolute Gasteiger partial charge is 0.267 e. The van der Waals surface area contributed by atoms with Gasteiger partial charge in [-0.2, -0.15) is 0 Å². The summed E-state index contributed by atoms with van der Waals surface area (Å²) in [5.41, 5.74) is 7.41. The molecule has 0 aliphatic carbocycles. The quantitative estimate of drug-likeness (QED) is 0.578.